The van der Waals surface area contributed by atoms with Crippen molar-refractivity contribution in [3.63, 3.8) is 0 Å². The minimum Gasteiger partial charge on any atom is -0.493 e. The van der Waals surface area contributed by atoms with Gasteiger partial charge in [-0.2, -0.15) is 5.10 Å². The number of carbonyl (C=O) groups excluding carboxylic acids is 2. The number of carbonyl (C=O) groups is 2. The Balaban J connectivity index is 1.38. The predicted molar refractivity (Wildman–Crippen MR) is 116 cm³/mol. The molecule has 1 aliphatic heterocycles. The number of esters is 1. The minimum atomic E-state index is -0.471. The van der Waals surface area contributed by atoms with Crippen molar-refractivity contribution >= 4 is 17.6 Å². The lowest BCUT2D eigenvalue weighted by Crippen LogP contribution is -2.29. The van der Waals surface area contributed by atoms with Gasteiger partial charge in [0.2, 0.25) is 0 Å². The van der Waals surface area contributed by atoms with Gasteiger partial charge in [0.15, 0.2) is 6.61 Å². The molecule has 0 unspecified atom stereocenters. The number of benzene rings is 2. The summed E-state index contributed by atoms with van der Waals surface area (Å²) in [5.41, 5.74) is 3.15. The first-order valence-electron chi connectivity index (χ1n) is 10.1. The summed E-state index contributed by atoms with van der Waals surface area (Å²) in [6, 6.07) is 17.6. The van der Waals surface area contributed by atoms with E-state index < -0.39 is 5.97 Å². The van der Waals surface area contributed by atoms with Crippen molar-refractivity contribution in [1.29, 1.82) is 0 Å². The fourth-order valence-electron chi connectivity index (χ4n) is 3.06. The van der Waals surface area contributed by atoms with Gasteiger partial charge >= 0.3 is 5.97 Å². The fourth-order valence-corrected chi connectivity index (χ4v) is 3.06. The molecule has 30 heavy (non-hydrogen) atoms. The van der Waals surface area contributed by atoms with Gasteiger partial charge < -0.3 is 9.47 Å². The molecule has 1 amide bonds. The second kappa shape index (κ2) is 9.57. The molecule has 0 saturated carbocycles. The van der Waals surface area contributed by atoms with Crippen LogP contribution in [0.1, 0.15) is 44.7 Å². The van der Waals surface area contributed by atoms with Crippen LogP contribution in [0.25, 0.3) is 0 Å². The molecule has 1 aliphatic rings. The van der Waals surface area contributed by atoms with E-state index in [1.807, 2.05) is 54.6 Å². The Morgan fingerprint density at radius 3 is 2.40 bits per heavy atom. The highest BCUT2D eigenvalue weighted by molar-refractivity contribution is 6.02. The summed E-state index contributed by atoms with van der Waals surface area (Å²) >= 11 is 0. The summed E-state index contributed by atoms with van der Waals surface area (Å²) < 4.78 is 10.7. The minimum absolute atomic E-state index is 0.0762. The van der Waals surface area contributed by atoms with Crippen LogP contribution in [0.3, 0.4) is 0 Å². The molecule has 0 fully saturated rings. The lowest BCUT2D eigenvalue weighted by molar-refractivity contribution is -0.152. The molecular formula is C24H28N2O4. The van der Waals surface area contributed by atoms with Gasteiger partial charge in [-0.3, -0.25) is 9.59 Å². The van der Waals surface area contributed by atoms with E-state index in [0.29, 0.717) is 18.7 Å². The number of hydrazone groups is 1. The van der Waals surface area contributed by atoms with Crippen LogP contribution in [-0.2, 0) is 19.7 Å². The van der Waals surface area contributed by atoms with E-state index in [1.54, 1.807) is 0 Å². The standard InChI is InChI=1S/C24H28N2O4/c1-24(2,3)19-9-11-20(12-10-19)29-16-14-23(28)30-17-22(27)26-15-13-21(25-26)18-7-5-4-6-8-18/h4-12H,13-17H2,1-3H3. The molecule has 6 heteroatoms. The smallest absolute Gasteiger partial charge is 0.309 e. The molecule has 1 heterocycles. The molecule has 2 aromatic carbocycles. The first-order valence-corrected chi connectivity index (χ1v) is 10.1. The topological polar surface area (TPSA) is 68.2 Å². The molecular weight excluding hydrogens is 380 g/mol. The quantitative estimate of drug-likeness (QED) is 0.651. The molecule has 2 aromatic rings. The maximum absolute atomic E-state index is 12.2. The zero-order chi connectivity index (χ0) is 21.6. The van der Waals surface area contributed by atoms with Gasteiger partial charge in [-0.1, -0.05) is 63.2 Å². The van der Waals surface area contributed by atoms with Gasteiger partial charge in [0.25, 0.3) is 5.91 Å². The second-order valence-corrected chi connectivity index (χ2v) is 8.21. The summed E-state index contributed by atoms with van der Waals surface area (Å²) in [6.45, 7) is 6.82. The Bertz CT molecular complexity index is 899. The van der Waals surface area contributed by atoms with Gasteiger partial charge in [0.1, 0.15) is 5.75 Å². The monoisotopic (exact) mass is 408 g/mol. The number of hydrogen-bond donors (Lipinski definition) is 0. The van der Waals surface area contributed by atoms with Crippen LogP contribution in [0.4, 0.5) is 0 Å². The van der Waals surface area contributed by atoms with E-state index in [0.717, 1.165) is 11.3 Å². The van der Waals surface area contributed by atoms with Gasteiger partial charge in [0.05, 0.1) is 25.3 Å². The number of nitrogens with zero attached hydrogens (tertiary/aromatic N) is 2. The lowest BCUT2D eigenvalue weighted by Gasteiger charge is -2.19. The van der Waals surface area contributed by atoms with Gasteiger partial charge in [0, 0.05) is 6.42 Å². The van der Waals surface area contributed by atoms with Crippen molar-refractivity contribution in [3.05, 3.63) is 65.7 Å². The third kappa shape index (κ3) is 5.92. The zero-order valence-corrected chi connectivity index (χ0v) is 17.8. The lowest BCUT2D eigenvalue weighted by atomic mass is 9.87. The zero-order valence-electron chi connectivity index (χ0n) is 17.8. The highest BCUT2D eigenvalue weighted by atomic mass is 16.5. The van der Waals surface area contributed by atoms with Crippen LogP contribution in [0.15, 0.2) is 59.7 Å². The molecule has 0 atom stereocenters. The number of amides is 1. The summed E-state index contributed by atoms with van der Waals surface area (Å²) in [6.07, 6.45) is 0.762. The Labute approximate surface area is 177 Å². The molecule has 0 aromatic heterocycles. The van der Waals surface area contributed by atoms with Crippen molar-refractivity contribution in [2.24, 2.45) is 5.10 Å². The van der Waals surface area contributed by atoms with E-state index in [9.17, 15) is 9.59 Å². The van der Waals surface area contributed by atoms with Crippen LogP contribution in [0.2, 0.25) is 0 Å². The van der Waals surface area contributed by atoms with Crippen LogP contribution in [-0.4, -0.2) is 42.4 Å². The average molecular weight is 408 g/mol. The van der Waals surface area contributed by atoms with Crippen LogP contribution in [0.5, 0.6) is 5.75 Å². The van der Waals surface area contributed by atoms with Crippen molar-refractivity contribution in [3.8, 4) is 5.75 Å². The molecule has 3 rings (SSSR count). The fraction of sp³-hybridized carbons (Fsp3) is 0.375. The van der Waals surface area contributed by atoms with E-state index in [-0.39, 0.29) is 31.0 Å². The van der Waals surface area contributed by atoms with E-state index in [2.05, 4.69) is 25.9 Å². The molecule has 0 bridgehead atoms. The highest BCUT2D eigenvalue weighted by Gasteiger charge is 2.22. The molecule has 0 radical (unpaired) electrons. The highest BCUT2D eigenvalue weighted by Crippen LogP contribution is 2.24. The third-order valence-corrected chi connectivity index (χ3v) is 4.85. The molecule has 0 spiro atoms. The summed E-state index contributed by atoms with van der Waals surface area (Å²) in [5.74, 6) is -0.0965. The molecule has 0 saturated heterocycles. The van der Waals surface area contributed by atoms with Crippen molar-refractivity contribution in [2.75, 3.05) is 19.8 Å². The van der Waals surface area contributed by atoms with Crippen LogP contribution >= 0.6 is 0 Å². The molecule has 158 valence electrons. The molecule has 6 nitrogen and oxygen atoms in total. The number of ether oxygens (including phenoxy) is 2. The maximum Gasteiger partial charge on any atom is 0.309 e. The molecule has 0 N–H and O–H groups in total. The van der Waals surface area contributed by atoms with Crippen molar-refractivity contribution < 1.29 is 19.1 Å². The predicted octanol–water partition coefficient (Wildman–Crippen LogP) is 3.93. The summed E-state index contributed by atoms with van der Waals surface area (Å²) in [5, 5.41) is 5.71. The maximum atomic E-state index is 12.2. The van der Waals surface area contributed by atoms with Crippen molar-refractivity contribution in [1.82, 2.24) is 5.01 Å². The second-order valence-electron chi connectivity index (χ2n) is 8.21. The first-order chi connectivity index (χ1) is 14.3. The van der Waals surface area contributed by atoms with E-state index in [4.69, 9.17) is 9.47 Å². The van der Waals surface area contributed by atoms with Gasteiger partial charge in [-0.15, -0.1) is 0 Å². The third-order valence-electron chi connectivity index (χ3n) is 4.85. The van der Waals surface area contributed by atoms with Gasteiger partial charge in [-0.05, 0) is 28.7 Å². The summed E-state index contributed by atoms with van der Waals surface area (Å²) in [7, 11) is 0. The first kappa shape index (κ1) is 21.6. The van der Waals surface area contributed by atoms with E-state index >= 15 is 0 Å². The SMILES string of the molecule is CC(C)(C)c1ccc(OCCC(=O)OCC(=O)N2CCC(c3ccccc3)=N2)cc1. The van der Waals surface area contributed by atoms with Crippen molar-refractivity contribution in [2.45, 2.75) is 39.0 Å². The number of rotatable bonds is 7. The average Bonchev–Trinajstić information content (AvgIpc) is 3.23. The Morgan fingerprint density at radius 2 is 1.73 bits per heavy atom. The van der Waals surface area contributed by atoms with E-state index in [1.165, 1.54) is 10.6 Å². The number of hydrogen-bond acceptors (Lipinski definition) is 5. The Kier molecular flexibility index (Phi) is 6.87. The Morgan fingerprint density at radius 1 is 1.03 bits per heavy atom. The normalized spacial score (nSPS) is 13.7. The summed E-state index contributed by atoms with van der Waals surface area (Å²) in [4.78, 5) is 24.2. The molecule has 0 aliphatic carbocycles. The van der Waals surface area contributed by atoms with Crippen LogP contribution in [0, 0.1) is 0 Å². The van der Waals surface area contributed by atoms with Crippen LogP contribution < -0.4 is 4.74 Å². The largest absolute Gasteiger partial charge is 0.493 e. The van der Waals surface area contributed by atoms with Gasteiger partial charge in [-0.25, -0.2) is 5.01 Å². The Hall–Kier alpha value is -3.15.